The maximum atomic E-state index is 12.6. The first-order valence-corrected chi connectivity index (χ1v) is 3.73. The lowest BCUT2D eigenvalue weighted by atomic mass is 10.2. The van der Waals surface area contributed by atoms with Crippen molar-refractivity contribution in [1.82, 2.24) is 0 Å². The normalized spacial score (nSPS) is 9.83. The summed E-state index contributed by atoms with van der Waals surface area (Å²) < 4.78 is 12.6. The van der Waals surface area contributed by atoms with E-state index in [1.807, 2.05) is 0 Å². The van der Waals surface area contributed by atoms with Gasteiger partial charge in [0.25, 0.3) is 0 Å². The Balaban J connectivity index is 3.37. The van der Waals surface area contributed by atoms with Crippen LogP contribution in [0.25, 0.3) is 0 Å². The van der Waals surface area contributed by atoms with Crippen molar-refractivity contribution in [3.63, 3.8) is 0 Å². The Hall–Kier alpha value is -1.10. The fourth-order valence-electron chi connectivity index (χ4n) is 0.729. The number of hydrogen-bond acceptors (Lipinski definition) is 2. The van der Waals surface area contributed by atoms with E-state index >= 15 is 0 Å². The number of hydrogen-bond donors (Lipinski definition) is 2. The summed E-state index contributed by atoms with van der Waals surface area (Å²) in [5, 5.41) is 17.6. The third-order valence-corrected chi connectivity index (χ3v) is 1.86. The quantitative estimate of drug-likeness (QED) is 0.782. The molecule has 0 aliphatic rings. The minimum atomic E-state index is -1.37. The topological polar surface area (TPSA) is 57.5 Å². The van der Waals surface area contributed by atoms with Gasteiger partial charge in [-0.2, -0.15) is 0 Å². The van der Waals surface area contributed by atoms with Gasteiger partial charge in [-0.3, -0.25) is 0 Å². The molecule has 2 N–H and O–H groups in total. The fourth-order valence-corrected chi connectivity index (χ4v) is 1.16. The van der Waals surface area contributed by atoms with Crippen molar-refractivity contribution in [2.24, 2.45) is 0 Å². The van der Waals surface area contributed by atoms with Gasteiger partial charge in [0.05, 0.1) is 4.47 Å². The van der Waals surface area contributed by atoms with Gasteiger partial charge in [-0.25, -0.2) is 9.18 Å². The second-order valence-corrected chi connectivity index (χ2v) is 2.94. The van der Waals surface area contributed by atoms with E-state index in [4.69, 9.17) is 10.2 Å². The highest BCUT2D eigenvalue weighted by atomic mass is 79.9. The maximum absolute atomic E-state index is 12.6. The monoisotopic (exact) mass is 234 g/mol. The van der Waals surface area contributed by atoms with Crippen LogP contribution in [0.15, 0.2) is 16.6 Å². The molecule has 3 nitrogen and oxygen atoms in total. The lowest BCUT2D eigenvalue weighted by Crippen LogP contribution is -1.97. The maximum Gasteiger partial charge on any atom is 0.339 e. The van der Waals surface area contributed by atoms with Crippen LogP contribution in [0.3, 0.4) is 0 Å². The second kappa shape index (κ2) is 3.10. The number of phenols is 1. The van der Waals surface area contributed by atoms with Crippen LogP contribution >= 0.6 is 15.9 Å². The summed E-state index contributed by atoms with van der Waals surface area (Å²) in [5.74, 6) is -2.55. The Bertz CT molecular complexity index is 338. The molecule has 0 atom stereocenters. The molecule has 0 amide bonds. The smallest absolute Gasteiger partial charge is 0.339 e. The Morgan fingerprint density at radius 2 is 2.08 bits per heavy atom. The molecule has 0 aliphatic heterocycles. The molecule has 64 valence electrons. The SMILES string of the molecule is O=C(O)c1cc(F)cc(Br)c1O. The van der Waals surface area contributed by atoms with Crippen LogP contribution in [0, 0.1) is 5.82 Å². The van der Waals surface area contributed by atoms with E-state index in [0.717, 1.165) is 12.1 Å². The van der Waals surface area contributed by atoms with Gasteiger partial charge < -0.3 is 10.2 Å². The van der Waals surface area contributed by atoms with E-state index in [2.05, 4.69) is 15.9 Å². The molecule has 0 unspecified atom stereocenters. The van der Waals surface area contributed by atoms with Gasteiger partial charge in [0, 0.05) is 0 Å². The van der Waals surface area contributed by atoms with Crippen molar-refractivity contribution in [3.05, 3.63) is 28.0 Å². The minimum absolute atomic E-state index is 0.0277. The van der Waals surface area contributed by atoms with Gasteiger partial charge in [0.15, 0.2) is 0 Å². The molecule has 1 rings (SSSR count). The number of rotatable bonds is 1. The lowest BCUT2D eigenvalue weighted by Gasteiger charge is -2.01. The third kappa shape index (κ3) is 1.55. The van der Waals surface area contributed by atoms with Crippen LogP contribution in [0.2, 0.25) is 0 Å². The summed E-state index contributed by atoms with van der Waals surface area (Å²) >= 11 is 2.81. The second-order valence-electron chi connectivity index (χ2n) is 2.09. The molecule has 0 aromatic heterocycles. The van der Waals surface area contributed by atoms with Crippen LogP contribution in [-0.2, 0) is 0 Å². The summed E-state index contributed by atoms with van der Waals surface area (Å²) in [6, 6.07) is 1.74. The lowest BCUT2D eigenvalue weighted by molar-refractivity contribution is 0.0693. The van der Waals surface area contributed by atoms with E-state index in [-0.39, 0.29) is 4.47 Å². The summed E-state index contributed by atoms with van der Waals surface area (Å²) in [6.45, 7) is 0. The minimum Gasteiger partial charge on any atom is -0.506 e. The molecule has 1 aromatic rings. The van der Waals surface area contributed by atoms with E-state index in [1.165, 1.54) is 0 Å². The van der Waals surface area contributed by atoms with Gasteiger partial charge in [0.2, 0.25) is 0 Å². The molecule has 0 saturated heterocycles. The molecule has 0 heterocycles. The number of carboxylic acids is 1. The molecular weight excluding hydrogens is 231 g/mol. The van der Waals surface area contributed by atoms with Gasteiger partial charge in [-0.1, -0.05) is 0 Å². The van der Waals surface area contributed by atoms with Crippen LogP contribution < -0.4 is 0 Å². The van der Waals surface area contributed by atoms with Crippen molar-refractivity contribution in [1.29, 1.82) is 0 Å². The summed E-state index contributed by atoms with van der Waals surface area (Å²) in [7, 11) is 0. The summed E-state index contributed by atoms with van der Waals surface area (Å²) in [6.07, 6.45) is 0. The van der Waals surface area contributed by atoms with Crippen molar-refractivity contribution in [2.75, 3.05) is 0 Å². The molecule has 0 aliphatic carbocycles. The van der Waals surface area contributed by atoms with Crippen LogP contribution in [-0.4, -0.2) is 16.2 Å². The molecule has 0 bridgehead atoms. The van der Waals surface area contributed by atoms with Crippen molar-refractivity contribution in [2.45, 2.75) is 0 Å². The fraction of sp³-hybridized carbons (Fsp3) is 0. The largest absolute Gasteiger partial charge is 0.506 e. The number of aromatic carboxylic acids is 1. The highest BCUT2D eigenvalue weighted by Gasteiger charge is 2.13. The molecule has 1 aromatic carbocycles. The molecule has 0 spiro atoms. The Labute approximate surface area is 75.6 Å². The van der Waals surface area contributed by atoms with Gasteiger partial charge in [-0.05, 0) is 28.1 Å². The van der Waals surface area contributed by atoms with Crippen molar-refractivity contribution >= 4 is 21.9 Å². The Morgan fingerprint density at radius 3 is 2.58 bits per heavy atom. The zero-order valence-electron chi connectivity index (χ0n) is 5.71. The number of halogens is 2. The van der Waals surface area contributed by atoms with E-state index in [0.29, 0.717) is 0 Å². The molecule has 12 heavy (non-hydrogen) atoms. The molecule has 0 saturated carbocycles. The number of benzene rings is 1. The Kier molecular flexibility index (Phi) is 2.32. The highest BCUT2D eigenvalue weighted by Crippen LogP contribution is 2.28. The third-order valence-electron chi connectivity index (χ3n) is 1.26. The predicted octanol–water partition coefficient (Wildman–Crippen LogP) is 1.99. The van der Waals surface area contributed by atoms with Crippen molar-refractivity contribution in [3.8, 4) is 5.75 Å². The predicted molar refractivity (Wildman–Crippen MR) is 42.7 cm³/mol. The molecular formula is C7H4BrFO3. The van der Waals surface area contributed by atoms with E-state index in [1.54, 1.807) is 0 Å². The summed E-state index contributed by atoms with van der Waals surface area (Å²) in [5.41, 5.74) is -0.457. The number of carboxylic acid groups (broad SMARTS) is 1. The molecule has 0 radical (unpaired) electrons. The Morgan fingerprint density at radius 1 is 1.50 bits per heavy atom. The van der Waals surface area contributed by atoms with Gasteiger partial charge >= 0.3 is 5.97 Å². The molecule has 0 fully saturated rings. The first kappa shape index (κ1) is 8.99. The van der Waals surface area contributed by atoms with Crippen LogP contribution in [0.1, 0.15) is 10.4 Å². The molecule has 5 heteroatoms. The standard InChI is InChI=1S/C7H4BrFO3/c8-5-2-3(9)1-4(6(5)10)7(11)12/h1-2,10H,(H,11,12). The average Bonchev–Trinajstić information content (AvgIpc) is 1.96. The van der Waals surface area contributed by atoms with E-state index in [9.17, 15) is 9.18 Å². The zero-order valence-corrected chi connectivity index (χ0v) is 7.30. The average molecular weight is 235 g/mol. The first-order chi connectivity index (χ1) is 5.52. The zero-order chi connectivity index (χ0) is 9.30. The van der Waals surface area contributed by atoms with E-state index < -0.39 is 23.1 Å². The van der Waals surface area contributed by atoms with Gasteiger partial charge in [0.1, 0.15) is 17.1 Å². The number of aromatic hydroxyl groups is 1. The number of carbonyl (C=O) groups is 1. The van der Waals surface area contributed by atoms with Crippen LogP contribution in [0.4, 0.5) is 4.39 Å². The highest BCUT2D eigenvalue weighted by molar-refractivity contribution is 9.10. The summed E-state index contributed by atoms with van der Waals surface area (Å²) in [4.78, 5) is 10.4. The van der Waals surface area contributed by atoms with Gasteiger partial charge in [-0.15, -0.1) is 0 Å². The first-order valence-electron chi connectivity index (χ1n) is 2.93. The van der Waals surface area contributed by atoms with Crippen molar-refractivity contribution < 1.29 is 19.4 Å². The van der Waals surface area contributed by atoms with Crippen LogP contribution in [0.5, 0.6) is 5.75 Å².